The van der Waals surface area contributed by atoms with Crippen LogP contribution < -0.4 is 18.1 Å². The topological polar surface area (TPSA) is 63.4 Å². The molecule has 1 aliphatic heterocycles. The highest BCUT2D eigenvalue weighted by Gasteiger charge is 2.36. The van der Waals surface area contributed by atoms with Crippen molar-refractivity contribution in [2.24, 2.45) is 5.73 Å². The van der Waals surface area contributed by atoms with Crippen LogP contribution in [0, 0.1) is 0 Å². The van der Waals surface area contributed by atoms with Crippen LogP contribution in [-0.4, -0.2) is 60.5 Å². The molecule has 1 saturated heterocycles. The number of amides is 2. The predicted molar refractivity (Wildman–Crippen MR) is 70.6 cm³/mol. The smallest absolute Gasteiger partial charge is 0.338 e. The molecule has 1 rings (SSSR count). The monoisotopic (exact) mass is 289 g/mol. The van der Waals surface area contributed by atoms with E-state index >= 15 is 0 Å². The summed E-state index contributed by atoms with van der Waals surface area (Å²) in [6, 6.07) is 0. The van der Waals surface area contributed by atoms with Gasteiger partial charge in [-0.05, 0) is 19.9 Å². The average Bonchev–Trinajstić information content (AvgIpc) is 2.38. The van der Waals surface area contributed by atoms with Gasteiger partial charge in [0.15, 0.2) is 0 Å². The highest BCUT2D eigenvalue weighted by molar-refractivity contribution is 5.80. The van der Waals surface area contributed by atoms with E-state index in [4.69, 9.17) is 5.73 Å². The van der Waals surface area contributed by atoms with E-state index < -0.39 is 0 Å². The van der Waals surface area contributed by atoms with E-state index in [2.05, 4.69) is 11.5 Å². The summed E-state index contributed by atoms with van der Waals surface area (Å²) in [6.07, 6.45) is 2.68. The van der Waals surface area contributed by atoms with Crippen LogP contribution in [0.15, 0.2) is 12.7 Å². The van der Waals surface area contributed by atoms with Gasteiger partial charge in [0.2, 0.25) is 5.91 Å². The minimum Gasteiger partial charge on any atom is -1.00 e. The van der Waals surface area contributed by atoms with Gasteiger partial charge >= 0.3 is 5.91 Å². The second kappa shape index (κ2) is 8.30. The molecule has 0 aromatic heterocycles. The fraction of sp³-hybridized carbons (Fsp3) is 0.692. The molecule has 0 spiro atoms. The Morgan fingerprint density at radius 1 is 1.37 bits per heavy atom. The van der Waals surface area contributed by atoms with Crippen molar-refractivity contribution in [2.45, 2.75) is 19.8 Å². The van der Waals surface area contributed by atoms with Crippen molar-refractivity contribution in [3.63, 3.8) is 0 Å². The van der Waals surface area contributed by atoms with Gasteiger partial charge < -0.3 is 18.1 Å². The average molecular weight is 290 g/mol. The van der Waals surface area contributed by atoms with Crippen molar-refractivity contribution in [1.82, 2.24) is 4.90 Å². The van der Waals surface area contributed by atoms with Gasteiger partial charge in [-0.25, -0.2) is 4.79 Å². The molecule has 0 aromatic rings. The lowest BCUT2D eigenvalue weighted by Gasteiger charge is -2.41. The normalized spacial score (nSPS) is 18.4. The van der Waals surface area contributed by atoms with Gasteiger partial charge in [-0.3, -0.25) is 14.2 Å². The summed E-state index contributed by atoms with van der Waals surface area (Å²) in [5.41, 5.74) is 5.11. The molecular formula is C13H24ClN3O2. The molecule has 6 heteroatoms. The van der Waals surface area contributed by atoms with Crippen LogP contribution >= 0.6 is 0 Å². The molecule has 0 bridgehead atoms. The van der Waals surface area contributed by atoms with Gasteiger partial charge in [-0.2, -0.15) is 0 Å². The lowest BCUT2D eigenvalue weighted by Crippen LogP contribution is -3.00. The summed E-state index contributed by atoms with van der Waals surface area (Å²) < 4.78 is 0.510. The van der Waals surface area contributed by atoms with Crippen LogP contribution in [0.25, 0.3) is 0 Å². The fourth-order valence-electron chi connectivity index (χ4n) is 2.48. The van der Waals surface area contributed by atoms with E-state index in [0.717, 1.165) is 45.7 Å². The molecule has 5 nitrogen and oxygen atoms in total. The first-order chi connectivity index (χ1) is 8.54. The first kappa shape index (κ1) is 18.1. The van der Waals surface area contributed by atoms with Crippen molar-refractivity contribution < 1.29 is 26.5 Å². The molecule has 110 valence electrons. The maximum Gasteiger partial charge on any atom is 0.338 e. The largest absolute Gasteiger partial charge is 1.00 e. The Morgan fingerprint density at radius 2 is 1.95 bits per heavy atom. The van der Waals surface area contributed by atoms with Crippen molar-refractivity contribution >= 4 is 11.8 Å². The Balaban J connectivity index is 0.00000324. The fourth-order valence-corrected chi connectivity index (χ4v) is 2.48. The van der Waals surface area contributed by atoms with Crippen molar-refractivity contribution in [3.8, 4) is 0 Å². The zero-order valence-corrected chi connectivity index (χ0v) is 12.4. The summed E-state index contributed by atoms with van der Waals surface area (Å²) >= 11 is 0. The molecule has 1 aliphatic rings. The van der Waals surface area contributed by atoms with E-state index in [1.54, 1.807) is 0 Å². The lowest BCUT2D eigenvalue weighted by molar-refractivity contribution is -0.855. The molecule has 2 N–H and O–H groups in total. The number of carbonyl (C=O) groups excluding carboxylic acids is 2. The Kier molecular flexibility index (Phi) is 7.90. The Morgan fingerprint density at radius 3 is 2.37 bits per heavy atom. The van der Waals surface area contributed by atoms with Crippen molar-refractivity contribution in [1.29, 1.82) is 0 Å². The first-order valence-corrected chi connectivity index (χ1v) is 6.58. The van der Waals surface area contributed by atoms with Crippen LogP contribution in [-0.2, 0) is 9.59 Å². The number of likely N-dealkylation sites (N-methyl/N-ethyl adjacent to an activating group) is 1. The van der Waals surface area contributed by atoms with E-state index in [1.165, 1.54) is 6.08 Å². The van der Waals surface area contributed by atoms with Crippen LogP contribution in [0.4, 0.5) is 0 Å². The minimum atomic E-state index is -0.243. The standard InChI is InChI=1S/C13H23N3O2.ClH/c1-3-13(18)16(4-2)10-8-15(9-11-16)7-5-6-12(14)17;/h3H,1,4-11H2,2H3,(H-,14,17);1H. The molecule has 0 unspecified atom stereocenters. The summed E-state index contributed by atoms with van der Waals surface area (Å²) in [5.74, 6) is -0.123. The van der Waals surface area contributed by atoms with Gasteiger partial charge in [-0.1, -0.05) is 6.58 Å². The highest BCUT2D eigenvalue weighted by Crippen LogP contribution is 2.14. The molecule has 0 aromatic carbocycles. The molecule has 2 amide bonds. The molecule has 1 fully saturated rings. The first-order valence-electron chi connectivity index (χ1n) is 6.58. The predicted octanol–water partition coefficient (Wildman–Crippen LogP) is -2.88. The van der Waals surface area contributed by atoms with Crippen LogP contribution in [0.1, 0.15) is 19.8 Å². The summed E-state index contributed by atoms with van der Waals surface area (Å²) in [7, 11) is 0. The van der Waals surface area contributed by atoms with Gasteiger partial charge in [-0.15, -0.1) is 0 Å². The number of halogens is 1. The number of nitrogens with two attached hydrogens (primary N) is 1. The Labute approximate surface area is 121 Å². The third kappa shape index (κ3) is 4.93. The van der Waals surface area contributed by atoms with Gasteiger partial charge in [0.05, 0.1) is 19.6 Å². The van der Waals surface area contributed by atoms with Gasteiger partial charge in [0.25, 0.3) is 0 Å². The summed E-state index contributed by atoms with van der Waals surface area (Å²) in [4.78, 5) is 24.9. The number of rotatable bonds is 6. The van der Waals surface area contributed by atoms with E-state index in [0.29, 0.717) is 10.9 Å². The zero-order chi connectivity index (χ0) is 13.6. The number of primary amides is 1. The maximum atomic E-state index is 11.9. The highest BCUT2D eigenvalue weighted by atomic mass is 35.5. The lowest BCUT2D eigenvalue weighted by atomic mass is 10.2. The van der Waals surface area contributed by atoms with E-state index in [-0.39, 0.29) is 24.2 Å². The second-order valence-corrected chi connectivity index (χ2v) is 4.86. The molecule has 0 atom stereocenters. The van der Waals surface area contributed by atoms with Crippen LogP contribution in [0.3, 0.4) is 0 Å². The molecular weight excluding hydrogens is 266 g/mol. The number of piperazine rings is 1. The van der Waals surface area contributed by atoms with Crippen LogP contribution in [0.5, 0.6) is 0 Å². The number of hydrogen-bond acceptors (Lipinski definition) is 3. The third-order valence-electron chi connectivity index (χ3n) is 3.83. The summed E-state index contributed by atoms with van der Waals surface area (Å²) in [5, 5.41) is 0. The van der Waals surface area contributed by atoms with Crippen molar-refractivity contribution in [2.75, 3.05) is 39.3 Å². The molecule has 0 saturated carbocycles. The Bertz CT molecular complexity index is 326. The number of quaternary nitrogens is 1. The third-order valence-corrected chi connectivity index (χ3v) is 3.83. The number of hydrogen-bond donors (Lipinski definition) is 1. The number of carbonyl (C=O) groups is 2. The minimum absolute atomic E-state index is 0. The number of nitrogens with zero attached hydrogens (tertiary/aromatic N) is 2. The molecule has 19 heavy (non-hydrogen) atoms. The zero-order valence-electron chi connectivity index (χ0n) is 11.6. The summed E-state index contributed by atoms with van der Waals surface area (Å²) in [6.45, 7) is 10.8. The van der Waals surface area contributed by atoms with Gasteiger partial charge in [0.1, 0.15) is 0 Å². The molecule has 0 radical (unpaired) electrons. The Hall–Kier alpha value is -0.910. The van der Waals surface area contributed by atoms with E-state index in [1.807, 2.05) is 6.92 Å². The molecule has 1 heterocycles. The second-order valence-electron chi connectivity index (χ2n) is 4.86. The quantitative estimate of drug-likeness (QED) is 0.422. The molecule has 0 aliphatic carbocycles. The van der Waals surface area contributed by atoms with Crippen LogP contribution in [0.2, 0.25) is 0 Å². The van der Waals surface area contributed by atoms with Gasteiger partial charge in [0, 0.05) is 25.6 Å². The maximum absolute atomic E-state index is 11.9. The SMILES string of the molecule is C=CC(=O)[N+]1(CC)CCN(CCCC(N)=O)CC1.[Cl-]. The van der Waals surface area contributed by atoms with E-state index in [9.17, 15) is 9.59 Å². The van der Waals surface area contributed by atoms with Crippen molar-refractivity contribution in [3.05, 3.63) is 12.7 Å².